The minimum Gasteiger partial charge on any atom is -0.292 e. The van der Waals surface area contributed by atoms with Gasteiger partial charge in [0.05, 0.1) is 44.1 Å². The van der Waals surface area contributed by atoms with E-state index in [9.17, 15) is 0 Å². The monoisotopic (exact) mass is 778 g/mol. The highest BCUT2D eigenvalue weighted by atomic mass is 15.1. The predicted molar refractivity (Wildman–Crippen MR) is 245 cm³/mol. The maximum Gasteiger partial charge on any atom is 0.145 e. The highest BCUT2D eigenvalue weighted by Crippen LogP contribution is 2.41. The first-order chi connectivity index (χ1) is 29.0. The zero-order chi connectivity index (χ0) is 40.9. The highest BCUT2D eigenvalue weighted by molar-refractivity contribution is 6.23. The summed E-state index contributed by atoms with van der Waals surface area (Å²) in [6.45, 7) is 13.5. The summed E-state index contributed by atoms with van der Waals surface area (Å²) in [4.78, 5) is 30.5. The molecule has 0 fully saturated rings. The van der Waals surface area contributed by atoms with Crippen LogP contribution in [0, 0.1) is 0 Å². The Kier molecular flexibility index (Phi) is 7.82. The quantitative estimate of drug-likeness (QED) is 0.165. The van der Waals surface area contributed by atoms with E-state index in [4.69, 9.17) is 29.9 Å². The van der Waals surface area contributed by atoms with E-state index in [1.54, 1.807) is 0 Å². The van der Waals surface area contributed by atoms with Crippen LogP contribution in [-0.4, -0.2) is 39.0 Å². The van der Waals surface area contributed by atoms with Crippen LogP contribution in [0.3, 0.4) is 0 Å². The van der Waals surface area contributed by atoms with Gasteiger partial charge < -0.3 is 0 Å². The molecule has 60 heavy (non-hydrogen) atoms. The Balaban J connectivity index is 1.22. The van der Waals surface area contributed by atoms with Gasteiger partial charge in [-0.2, -0.15) is 0 Å². The average Bonchev–Trinajstić information content (AvgIpc) is 3.88. The predicted octanol–water partition coefficient (Wildman–Crippen LogP) is 12.5. The van der Waals surface area contributed by atoms with E-state index >= 15 is 0 Å². The van der Waals surface area contributed by atoms with Gasteiger partial charge in [0.2, 0.25) is 0 Å². The van der Waals surface area contributed by atoms with E-state index < -0.39 is 0 Å². The van der Waals surface area contributed by atoms with Crippen LogP contribution in [0.5, 0.6) is 0 Å². The van der Waals surface area contributed by atoms with Gasteiger partial charge in [0.25, 0.3) is 0 Å². The topological polar surface area (TPSA) is 87.2 Å². The van der Waals surface area contributed by atoms with Gasteiger partial charge in [-0.25, -0.2) is 9.97 Å². The zero-order valence-corrected chi connectivity index (χ0v) is 34.4. The number of aromatic nitrogens is 8. The van der Waals surface area contributed by atoms with Gasteiger partial charge in [-0.05, 0) is 101 Å². The van der Waals surface area contributed by atoms with Crippen molar-refractivity contribution >= 4 is 65.7 Å². The molecule has 290 valence electrons. The van der Waals surface area contributed by atoms with Crippen LogP contribution >= 0.6 is 0 Å². The third-order valence-electron chi connectivity index (χ3n) is 11.8. The number of pyridine rings is 4. The van der Waals surface area contributed by atoms with Gasteiger partial charge in [-0.15, -0.1) is 0 Å². The second-order valence-electron chi connectivity index (χ2n) is 17.7. The Morgan fingerprint density at radius 3 is 1.08 bits per heavy atom. The molecule has 0 spiro atoms. The minimum atomic E-state index is 0.00643. The van der Waals surface area contributed by atoms with Crippen LogP contribution in [0.1, 0.15) is 52.7 Å². The van der Waals surface area contributed by atoms with Gasteiger partial charge in [0.1, 0.15) is 11.6 Å². The van der Waals surface area contributed by atoms with Crippen molar-refractivity contribution in [3.05, 3.63) is 157 Å². The summed E-state index contributed by atoms with van der Waals surface area (Å²) in [5, 5.41) is 3.91. The van der Waals surface area contributed by atoms with Gasteiger partial charge >= 0.3 is 0 Å². The standard InChI is InChI=1S/C52H42N8/c1-51(2,3)33-18-22-35(23-19-33)59-47-39-16-10-28-55-43(39)41-37(14-8-26-53-41)45(47)57-49(59)31-12-7-13-32(30-31)50-58-46-38-15-9-27-54-42(38)44-40(17-11-29-56-44)48(46)60(50)36-24-20-34(21-25-36)52(4,5)6/h7-30H,1-6H3. The van der Waals surface area contributed by atoms with Crippen LogP contribution < -0.4 is 0 Å². The summed E-state index contributed by atoms with van der Waals surface area (Å²) in [5.74, 6) is 1.64. The molecule has 6 aromatic heterocycles. The van der Waals surface area contributed by atoms with Gasteiger partial charge in [-0.1, -0.05) is 84.0 Å². The molecule has 8 nitrogen and oxygen atoms in total. The van der Waals surface area contributed by atoms with Gasteiger partial charge in [0.15, 0.2) is 0 Å². The molecule has 0 bridgehead atoms. The highest BCUT2D eigenvalue weighted by Gasteiger charge is 2.25. The Hall–Kier alpha value is -7.32. The summed E-state index contributed by atoms with van der Waals surface area (Å²) < 4.78 is 4.59. The van der Waals surface area contributed by atoms with Crippen LogP contribution in [0.25, 0.3) is 99.8 Å². The Bertz CT molecular complexity index is 3260. The lowest BCUT2D eigenvalue weighted by Crippen LogP contribution is -2.11. The van der Waals surface area contributed by atoms with E-state index in [0.29, 0.717) is 0 Å². The molecular weight excluding hydrogens is 737 g/mol. The average molecular weight is 779 g/mol. The van der Waals surface area contributed by atoms with Crippen molar-refractivity contribution < 1.29 is 0 Å². The normalized spacial score (nSPS) is 12.5. The van der Waals surface area contributed by atoms with Crippen LogP contribution in [0.15, 0.2) is 146 Å². The first-order valence-electron chi connectivity index (χ1n) is 20.4. The second kappa shape index (κ2) is 13.1. The smallest absolute Gasteiger partial charge is 0.145 e. The van der Waals surface area contributed by atoms with Gasteiger partial charge in [0, 0.05) is 68.8 Å². The van der Waals surface area contributed by atoms with Crippen molar-refractivity contribution in [3.63, 3.8) is 0 Å². The summed E-state index contributed by atoms with van der Waals surface area (Å²) in [6.07, 6.45) is 7.34. The fourth-order valence-electron chi connectivity index (χ4n) is 8.76. The lowest BCUT2D eigenvalue weighted by atomic mass is 9.87. The third kappa shape index (κ3) is 5.51. The fraction of sp³-hybridized carbons (Fsp3) is 0.154. The SMILES string of the molecule is CC(C)(C)c1ccc(-n2c(-c3cccc(-c4nc5c6cccnc6c6ncccc6c5n4-c4ccc(C(C)(C)C)cc4)c3)nc3c4cccnc4c4ncccc4c32)cc1. The molecule has 0 unspecified atom stereocenters. The van der Waals surface area contributed by atoms with Crippen molar-refractivity contribution in [1.29, 1.82) is 0 Å². The van der Waals surface area contributed by atoms with Crippen molar-refractivity contribution in [3.8, 4) is 34.2 Å². The molecule has 0 saturated heterocycles. The van der Waals surface area contributed by atoms with Crippen LogP contribution in [0.4, 0.5) is 0 Å². The summed E-state index contributed by atoms with van der Waals surface area (Å²) in [6, 6.07) is 42.8. The van der Waals surface area contributed by atoms with E-state index in [1.165, 1.54) is 11.1 Å². The maximum absolute atomic E-state index is 5.53. The molecule has 0 aliphatic rings. The summed E-state index contributed by atoms with van der Waals surface area (Å²) in [5.41, 5.74) is 13.6. The zero-order valence-electron chi connectivity index (χ0n) is 34.4. The van der Waals surface area contributed by atoms with E-state index in [1.807, 2.05) is 49.1 Å². The first kappa shape index (κ1) is 35.8. The summed E-state index contributed by atoms with van der Waals surface area (Å²) in [7, 11) is 0. The molecular formula is C52H42N8. The van der Waals surface area contributed by atoms with Crippen molar-refractivity contribution in [2.45, 2.75) is 52.4 Å². The molecule has 0 saturated carbocycles. The number of imidazole rings is 2. The third-order valence-corrected chi connectivity index (χ3v) is 11.8. The van der Waals surface area contributed by atoms with E-state index in [2.05, 4.69) is 148 Å². The molecule has 0 aliphatic carbocycles. The molecule has 0 atom stereocenters. The molecule has 6 heterocycles. The molecule has 8 heteroatoms. The lowest BCUT2D eigenvalue weighted by molar-refractivity contribution is 0.590. The van der Waals surface area contributed by atoms with Crippen molar-refractivity contribution in [1.82, 2.24) is 39.0 Å². The Morgan fingerprint density at radius 2 is 0.717 bits per heavy atom. The molecule has 0 amide bonds. The molecule has 11 rings (SSSR count). The van der Waals surface area contributed by atoms with Crippen LogP contribution in [0.2, 0.25) is 0 Å². The van der Waals surface area contributed by atoms with Crippen LogP contribution in [-0.2, 0) is 10.8 Å². The Labute approximate surface area is 347 Å². The number of benzene rings is 5. The largest absolute Gasteiger partial charge is 0.292 e. The molecule has 0 radical (unpaired) electrons. The minimum absolute atomic E-state index is 0.00643. The number of hydrogen-bond acceptors (Lipinski definition) is 6. The van der Waals surface area contributed by atoms with E-state index in [-0.39, 0.29) is 10.8 Å². The van der Waals surface area contributed by atoms with Crippen molar-refractivity contribution in [2.24, 2.45) is 0 Å². The molecule has 0 aliphatic heterocycles. The number of rotatable bonds is 4. The van der Waals surface area contributed by atoms with Gasteiger partial charge in [-0.3, -0.25) is 29.1 Å². The second-order valence-corrected chi connectivity index (χ2v) is 17.7. The lowest BCUT2D eigenvalue weighted by Gasteiger charge is -2.20. The van der Waals surface area contributed by atoms with Crippen molar-refractivity contribution in [2.75, 3.05) is 0 Å². The maximum atomic E-state index is 5.53. The fourth-order valence-corrected chi connectivity index (χ4v) is 8.76. The molecule has 5 aromatic carbocycles. The summed E-state index contributed by atoms with van der Waals surface area (Å²) >= 11 is 0. The number of nitrogens with zero attached hydrogens (tertiary/aromatic N) is 8. The number of fused-ring (bicyclic) bond motifs is 12. The Morgan fingerprint density at radius 1 is 0.367 bits per heavy atom. The number of hydrogen-bond donors (Lipinski definition) is 0. The van der Waals surface area contributed by atoms with E-state index in [0.717, 1.165) is 99.8 Å². The molecule has 0 N–H and O–H groups in total. The first-order valence-corrected chi connectivity index (χ1v) is 20.4. The molecule has 11 aromatic rings.